The highest BCUT2D eigenvalue weighted by atomic mass is 35.5. The van der Waals surface area contributed by atoms with Gasteiger partial charge in [0.15, 0.2) is 17.3 Å². The fourth-order valence-electron chi connectivity index (χ4n) is 4.09. The maximum atomic E-state index is 11.9. The number of aromatic nitrogens is 1. The molecule has 0 aliphatic carbocycles. The highest BCUT2D eigenvalue weighted by Gasteiger charge is 2.19. The summed E-state index contributed by atoms with van der Waals surface area (Å²) in [4.78, 5) is 11.9. The number of carbonyl (C=O) groups excluding carboxylic acids is 1. The number of esters is 1. The Morgan fingerprint density at radius 3 is 2.78 bits per heavy atom. The van der Waals surface area contributed by atoms with Crippen molar-refractivity contribution in [3.05, 3.63) is 65.2 Å². The van der Waals surface area contributed by atoms with Gasteiger partial charge in [0.25, 0.3) is 0 Å². The van der Waals surface area contributed by atoms with Crippen LogP contribution < -0.4 is 20.1 Å². The summed E-state index contributed by atoms with van der Waals surface area (Å²) in [5.41, 5.74) is 3.67. The molecule has 0 bridgehead atoms. The first-order valence-electron chi connectivity index (χ1n) is 11.9. The molecule has 0 unspecified atom stereocenters. The van der Waals surface area contributed by atoms with Crippen LogP contribution in [0, 0.1) is 0 Å². The van der Waals surface area contributed by atoms with Gasteiger partial charge in [-0.3, -0.25) is 10.1 Å². The number of aliphatic hydroxyl groups excluding tert-OH is 1. The standard InChI is InChI=1S/C27H26ClN3O5S/c1-2-34-27(33)22(15-32)29-14-16-6-8-21(20(28)12-16)30-26-19-5-3-4-18(25(19)37-31-26)17-7-9-23-24(13-17)36-11-10-35-23/h3-9,12-13,22,29,32H,2,10-11,14-15H2,1H3,(H,30,31)/t22-/m1/s1. The highest BCUT2D eigenvalue weighted by Crippen LogP contribution is 2.40. The molecule has 0 fully saturated rings. The number of aliphatic hydroxyl groups is 1. The number of ether oxygens (including phenoxy) is 3. The van der Waals surface area contributed by atoms with E-state index in [9.17, 15) is 9.90 Å². The van der Waals surface area contributed by atoms with Crippen LogP contribution in [0.25, 0.3) is 21.2 Å². The summed E-state index contributed by atoms with van der Waals surface area (Å²) in [6.45, 7) is 3.08. The van der Waals surface area contributed by atoms with Gasteiger partial charge in [-0.2, -0.15) is 4.37 Å². The molecule has 1 aliphatic heterocycles. The van der Waals surface area contributed by atoms with E-state index in [0.717, 1.165) is 44.1 Å². The summed E-state index contributed by atoms with van der Waals surface area (Å²) in [5.74, 6) is 1.74. The number of hydrogen-bond donors (Lipinski definition) is 3. The average molecular weight is 540 g/mol. The normalized spacial score (nSPS) is 13.4. The Morgan fingerprint density at radius 2 is 2.00 bits per heavy atom. The molecule has 10 heteroatoms. The van der Waals surface area contributed by atoms with Crippen molar-refractivity contribution in [2.75, 3.05) is 31.7 Å². The number of benzene rings is 3. The molecule has 1 aromatic heterocycles. The lowest BCUT2D eigenvalue weighted by molar-refractivity contribution is -0.146. The molecule has 1 aliphatic rings. The van der Waals surface area contributed by atoms with Gasteiger partial charge in [0.1, 0.15) is 19.3 Å². The van der Waals surface area contributed by atoms with Gasteiger partial charge in [0.2, 0.25) is 0 Å². The SMILES string of the molecule is CCOC(=O)[C@@H](CO)NCc1ccc(Nc2nsc3c(-c4ccc5c(c4)OCCO5)cccc23)c(Cl)c1. The summed E-state index contributed by atoms with van der Waals surface area (Å²) in [5, 5.41) is 17.3. The highest BCUT2D eigenvalue weighted by molar-refractivity contribution is 7.14. The zero-order valence-corrected chi connectivity index (χ0v) is 21.7. The molecular formula is C27H26ClN3O5S. The molecule has 0 saturated carbocycles. The molecule has 0 spiro atoms. The number of hydrogen-bond acceptors (Lipinski definition) is 9. The van der Waals surface area contributed by atoms with Crippen LogP contribution in [-0.4, -0.2) is 47.9 Å². The molecule has 3 aromatic carbocycles. The van der Waals surface area contributed by atoms with Crippen molar-refractivity contribution in [2.45, 2.75) is 19.5 Å². The van der Waals surface area contributed by atoms with Gasteiger partial charge in [0.05, 0.1) is 28.6 Å². The smallest absolute Gasteiger partial charge is 0.325 e. The van der Waals surface area contributed by atoms with Crippen LogP contribution in [0.2, 0.25) is 5.02 Å². The third-order valence-electron chi connectivity index (χ3n) is 5.94. The van der Waals surface area contributed by atoms with E-state index in [4.69, 9.17) is 25.8 Å². The third-order valence-corrected chi connectivity index (χ3v) is 7.15. The quantitative estimate of drug-likeness (QED) is 0.251. The third kappa shape index (κ3) is 5.50. The molecule has 37 heavy (non-hydrogen) atoms. The van der Waals surface area contributed by atoms with E-state index in [1.54, 1.807) is 6.92 Å². The number of anilines is 2. The van der Waals surface area contributed by atoms with Crippen molar-refractivity contribution in [1.82, 2.24) is 9.69 Å². The van der Waals surface area contributed by atoms with E-state index in [-0.39, 0.29) is 13.2 Å². The van der Waals surface area contributed by atoms with Crippen LogP contribution in [0.3, 0.4) is 0 Å². The van der Waals surface area contributed by atoms with Crippen LogP contribution in [-0.2, 0) is 16.1 Å². The number of rotatable bonds is 9. The first-order chi connectivity index (χ1) is 18.1. The molecule has 0 saturated heterocycles. The Bertz CT molecular complexity index is 1430. The molecule has 0 amide bonds. The van der Waals surface area contributed by atoms with E-state index in [0.29, 0.717) is 30.5 Å². The predicted octanol–water partition coefficient (Wildman–Crippen LogP) is 5.15. The molecule has 2 heterocycles. The summed E-state index contributed by atoms with van der Waals surface area (Å²) < 4.78 is 22.1. The lowest BCUT2D eigenvalue weighted by atomic mass is 10.0. The Labute approximate surface area is 223 Å². The van der Waals surface area contributed by atoms with Crippen LogP contribution in [0.15, 0.2) is 54.6 Å². The van der Waals surface area contributed by atoms with Gasteiger partial charge in [-0.05, 0) is 59.9 Å². The Kier molecular flexibility index (Phi) is 7.76. The van der Waals surface area contributed by atoms with Gasteiger partial charge < -0.3 is 24.6 Å². The monoisotopic (exact) mass is 539 g/mol. The van der Waals surface area contributed by atoms with Crippen molar-refractivity contribution in [3.63, 3.8) is 0 Å². The van der Waals surface area contributed by atoms with Crippen LogP contribution in [0.5, 0.6) is 11.5 Å². The molecule has 4 aromatic rings. The fraction of sp³-hybridized carbons (Fsp3) is 0.259. The average Bonchev–Trinajstić information content (AvgIpc) is 3.33. The summed E-state index contributed by atoms with van der Waals surface area (Å²) >= 11 is 7.99. The van der Waals surface area contributed by atoms with Gasteiger partial charge in [-0.15, -0.1) is 0 Å². The predicted molar refractivity (Wildman–Crippen MR) is 145 cm³/mol. The Hall–Kier alpha value is -3.37. The van der Waals surface area contributed by atoms with Crippen molar-refractivity contribution < 1.29 is 24.1 Å². The van der Waals surface area contributed by atoms with Crippen molar-refractivity contribution in [2.24, 2.45) is 0 Å². The molecule has 0 radical (unpaired) electrons. The molecule has 3 N–H and O–H groups in total. The second-order valence-corrected chi connectivity index (χ2v) is 9.56. The van der Waals surface area contributed by atoms with Crippen molar-refractivity contribution in [1.29, 1.82) is 0 Å². The summed E-state index contributed by atoms with van der Waals surface area (Å²) in [7, 11) is 0. The molecular weight excluding hydrogens is 514 g/mol. The molecule has 5 rings (SSSR count). The minimum atomic E-state index is -0.790. The second-order valence-electron chi connectivity index (χ2n) is 8.38. The Balaban J connectivity index is 1.33. The lowest BCUT2D eigenvalue weighted by Gasteiger charge is -2.19. The van der Waals surface area contributed by atoms with E-state index >= 15 is 0 Å². The number of carbonyl (C=O) groups is 1. The van der Waals surface area contributed by atoms with Crippen LogP contribution in [0.1, 0.15) is 12.5 Å². The minimum Gasteiger partial charge on any atom is -0.486 e. The minimum absolute atomic E-state index is 0.257. The zero-order valence-electron chi connectivity index (χ0n) is 20.1. The summed E-state index contributed by atoms with van der Waals surface area (Å²) in [6, 6.07) is 16.9. The Morgan fingerprint density at radius 1 is 1.16 bits per heavy atom. The van der Waals surface area contributed by atoms with E-state index < -0.39 is 12.0 Å². The first-order valence-corrected chi connectivity index (χ1v) is 13.1. The number of fused-ring (bicyclic) bond motifs is 2. The van der Waals surface area contributed by atoms with Crippen LogP contribution in [0.4, 0.5) is 11.5 Å². The largest absolute Gasteiger partial charge is 0.486 e. The molecule has 8 nitrogen and oxygen atoms in total. The number of nitrogens with one attached hydrogen (secondary N) is 2. The van der Waals surface area contributed by atoms with Gasteiger partial charge in [0, 0.05) is 17.5 Å². The van der Waals surface area contributed by atoms with Gasteiger partial charge in [-0.25, -0.2) is 0 Å². The molecule has 1 atom stereocenters. The number of nitrogens with zero attached hydrogens (tertiary/aromatic N) is 1. The van der Waals surface area contributed by atoms with Crippen LogP contribution >= 0.6 is 23.1 Å². The fourth-order valence-corrected chi connectivity index (χ4v) is 5.22. The van der Waals surface area contributed by atoms with Crippen molar-refractivity contribution in [3.8, 4) is 22.6 Å². The lowest BCUT2D eigenvalue weighted by Crippen LogP contribution is -2.40. The van der Waals surface area contributed by atoms with Crippen molar-refractivity contribution >= 4 is 50.7 Å². The zero-order chi connectivity index (χ0) is 25.8. The number of halogens is 1. The molecule has 192 valence electrons. The van der Waals surface area contributed by atoms with Gasteiger partial charge >= 0.3 is 5.97 Å². The maximum Gasteiger partial charge on any atom is 0.325 e. The second kappa shape index (κ2) is 11.4. The van der Waals surface area contributed by atoms with E-state index in [1.807, 2.05) is 48.5 Å². The first kappa shape index (κ1) is 25.3. The summed E-state index contributed by atoms with van der Waals surface area (Å²) in [6.07, 6.45) is 0. The topological polar surface area (TPSA) is 102 Å². The van der Waals surface area contributed by atoms with E-state index in [1.165, 1.54) is 11.5 Å². The van der Waals surface area contributed by atoms with E-state index in [2.05, 4.69) is 21.1 Å². The maximum absolute atomic E-state index is 11.9. The van der Waals surface area contributed by atoms with Gasteiger partial charge in [-0.1, -0.05) is 35.9 Å².